The van der Waals surface area contributed by atoms with Crippen molar-refractivity contribution in [2.75, 3.05) is 40.5 Å². The second-order valence-corrected chi connectivity index (χ2v) is 6.44. The molecule has 0 aliphatic heterocycles. The summed E-state index contributed by atoms with van der Waals surface area (Å²) >= 11 is 5.68. The van der Waals surface area contributed by atoms with Gasteiger partial charge in [-0.3, -0.25) is 0 Å². The number of methoxy groups -OCH3 is 2. The average Bonchev–Trinajstić information content (AvgIpc) is 2.92. The van der Waals surface area contributed by atoms with E-state index in [-0.39, 0.29) is 10.8 Å². The van der Waals surface area contributed by atoms with Gasteiger partial charge in [0.05, 0.1) is 17.4 Å². The van der Waals surface area contributed by atoms with Crippen LogP contribution in [0.4, 0.5) is 0 Å². The van der Waals surface area contributed by atoms with Gasteiger partial charge in [-0.05, 0) is 12.5 Å². The summed E-state index contributed by atoms with van der Waals surface area (Å²) in [5.41, 5.74) is 0.675. The van der Waals surface area contributed by atoms with Gasteiger partial charge in [0.2, 0.25) is 10.0 Å². The minimum Gasteiger partial charge on any atom is -0.385 e. The van der Waals surface area contributed by atoms with Gasteiger partial charge >= 0.3 is 0 Å². The number of ether oxygens (including phenoxy) is 2. The number of hydrogen-bond acceptors (Lipinski definition) is 4. The molecule has 0 unspecified atom stereocenters. The van der Waals surface area contributed by atoms with Crippen LogP contribution in [0, 0.1) is 0 Å². The summed E-state index contributed by atoms with van der Waals surface area (Å²) in [6, 6.07) is 1.55. The molecule has 20 heavy (non-hydrogen) atoms. The van der Waals surface area contributed by atoms with Crippen LogP contribution >= 0.6 is 11.6 Å². The summed E-state index contributed by atoms with van der Waals surface area (Å²) in [6.07, 6.45) is 2.09. The predicted octanol–water partition coefficient (Wildman–Crippen LogP) is 1.43. The third kappa shape index (κ3) is 4.75. The molecule has 0 aliphatic carbocycles. The average molecular weight is 325 g/mol. The second-order valence-electron chi connectivity index (χ2n) is 4.24. The van der Waals surface area contributed by atoms with Crippen LogP contribution in [-0.2, 0) is 25.4 Å². The van der Waals surface area contributed by atoms with Crippen LogP contribution in [0.2, 0.25) is 0 Å². The van der Waals surface area contributed by atoms with E-state index < -0.39 is 10.0 Å². The predicted molar refractivity (Wildman–Crippen MR) is 77.5 cm³/mol. The maximum Gasteiger partial charge on any atom is 0.244 e. The Bertz CT molecular complexity index is 489. The summed E-state index contributed by atoms with van der Waals surface area (Å²) in [5.74, 6) is 0.247. The van der Waals surface area contributed by atoms with Crippen molar-refractivity contribution in [2.45, 2.75) is 17.2 Å². The zero-order chi connectivity index (χ0) is 15.0. The van der Waals surface area contributed by atoms with Crippen molar-refractivity contribution in [3.8, 4) is 0 Å². The number of aromatic nitrogens is 1. The maximum absolute atomic E-state index is 12.5. The number of rotatable bonds is 10. The van der Waals surface area contributed by atoms with Gasteiger partial charge in [0.15, 0.2) is 0 Å². The number of halogens is 1. The van der Waals surface area contributed by atoms with Gasteiger partial charge in [-0.1, -0.05) is 0 Å². The molecule has 1 heterocycles. The first kappa shape index (κ1) is 17.5. The van der Waals surface area contributed by atoms with Crippen molar-refractivity contribution in [2.24, 2.45) is 0 Å². The molecule has 0 radical (unpaired) electrons. The lowest BCUT2D eigenvalue weighted by Gasteiger charge is -2.21. The smallest absolute Gasteiger partial charge is 0.244 e. The second kappa shape index (κ2) is 8.63. The first-order valence-corrected chi connectivity index (χ1v) is 8.25. The van der Waals surface area contributed by atoms with Crippen molar-refractivity contribution in [1.82, 2.24) is 9.29 Å². The zero-order valence-corrected chi connectivity index (χ0v) is 13.3. The van der Waals surface area contributed by atoms with Crippen LogP contribution in [-0.4, -0.2) is 58.2 Å². The Labute approximate surface area is 125 Å². The summed E-state index contributed by atoms with van der Waals surface area (Å²) in [4.78, 5) is 3.07. The van der Waals surface area contributed by atoms with Gasteiger partial charge in [0.25, 0.3) is 0 Å². The maximum atomic E-state index is 12.5. The molecule has 8 heteroatoms. The fraction of sp³-hybridized carbons (Fsp3) is 0.667. The summed E-state index contributed by atoms with van der Waals surface area (Å²) < 4.78 is 36.4. The molecule has 1 aromatic heterocycles. The Balaban J connectivity index is 2.85. The Hall–Kier alpha value is -0.600. The van der Waals surface area contributed by atoms with Gasteiger partial charge in [0, 0.05) is 45.8 Å². The van der Waals surface area contributed by atoms with E-state index >= 15 is 0 Å². The lowest BCUT2D eigenvalue weighted by Crippen LogP contribution is -2.35. The quantitative estimate of drug-likeness (QED) is 0.522. The Morgan fingerprint density at radius 2 is 1.95 bits per heavy atom. The largest absolute Gasteiger partial charge is 0.385 e. The molecule has 1 aromatic rings. The van der Waals surface area contributed by atoms with Crippen molar-refractivity contribution < 1.29 is 17.9 Å². The van der Waals surface area contributed by atoms with E-state index in [1.807, 2.05) is 0 Å². The molecule has 116 valence electrons. The lowest BCUT2D eigenvalue weighted by molar-refractivity contribution is 0.164. The third-order valence-corrected chi connectivity index (χ3v) is 4.96. The Morgan fingerprint density at radius 3 is 2.50 bits per heavy atom. The van der Waals surface area contributed by atoms with E-state index in [4.69, 9.17) is 21.1 Å². The number of aromatic amines is 1. The molecule has 0 amide bonds. The number of hydrogen-bond donors (Lipinski definition) is 1. The van der Waals surface area contributed by atoms with Crippen LogP contribution < -0.4 is 0 Å². The van der Waals surface area contributed by atoms with E-state index in [9.17, 15) is 8.42 Å². The molecule has 6 nitrogen and oxygen atoms in total. The highest BCUT2D eigenvalue weighted by molar-refractivity contribution is 7.89. The van der Waals surface area contributed by atoms with Gasteiger partial charge in [-0.25, -0.2) is 8.42 Å². The summed E-state index contributed by atoms with van der Waals surface area (Å²) in [5, 5.41) is 0. The summed E-state index contributed by atoms with van der Waals surface area (Å²) in [7, 11) is -0.401. The fourth-order valence-corrected chi connectivity index (χ4v) is 3.36. The standard InChI is InChI=1S/C12H21ClN2O4S/c1-18-6-3-4-15(5-7-19-2)20(16,17)12-8-11(9-13)14-10-12/h8,10,14H,3-7,9H2,1-2H3. The minimum atomic E-state index is -3.54. The molecule has 0 saturated heterocycles. The molecule has 0 spiro atoms. The highest BCUT2D eigenvalue weighted by Crippen LogP contribution is 2.18. The van der Waals surface area contributed by atoms with Crippen LogP contribution in [0.3, 0.4) is 0 Å². The van der Waals surface area contributed by atoms with Gasteiger partial charge < -0.3 is 14.5 Å². The monoisotopic (exact) mass is 324 g/mol. The minimum absolute atomic E-state index is 0.224. The normalized spacial score (nSPS) is 12.2. The molecule has 1 rings (SSSR count). The lowest BCUT2D eigenvalue weighted by atomic mass is 10.4. The topological polar surface area (TPSA) is 71.6 Å². The SMILES string of the molecule is COCCCN(CCOC)S(=O)(=O)c1c[nH]c(CCl)c1. The van der Waals surface area contributed by atoms with E-state index in [2.05, 4.69) is 4.98 Å². The van der Waals surface area contributed by atoms with E-state index in [1.165, 1.54) is 10.5 Å². The molecular weight excluding hydrogens is 304 g/mol. The van der Waals surface area contributed by atoms with Gasteiger partial charge in [-0.15, -0.1) is 11.6 Å². The molecule has 0 aromatic carbocycles. The van der Waals surface area contributed by atoms with Crippen molar-refractivity contribution in [1.29, 1.82) is 0 Å². The number of nitrogens with zero attached hydrogens (tertiary/aromatic N) is 1. The van der Waals surface area contributed by atoms with E-state index in [1.54, 1.807) is 20.3 Å². The van der Waals surface area contributed by atoms with Crippen LogP contribution in [0.25, 0.3) is 0 Å². The van der Waals surface area contributed by atoms with Crippen molar-refractivity contribution in [3.05, 3.63) is 18.0 Å². The summed E-state index contributed by atoms with van der Waals surface area (Å²) in [6.45, 7) is 1.56. The number of sulfonamides is 1. The van der Waals surface area contributed by atoms with Gasteiger partial charge in [0.1, 0.15) is 0 Å². The molecular formula is C12H21ClN2O4S. The van der Waals surface area contributed by atoms with Crippen molar-refractivity contribution >= 4 is 21.6 Å². The van der Waals surface area contributed by atoms with E-state index in [0.717, 1.165) is 0 Å². The van der Waals surface area contributed by atoms with Crippen LogP contribution in [0.15, 0.2) is 17.2 Å². The highest BCUT2D eigenvalue weighted by Gasteiger charge is 2.24. The molecule has 0 saturated carbocycles. The molecule has 0 aliphatic rings. The number of alkyl halides is 1. The fourth-order valence-electron chi connectivity index (χ4n) is 1.72. The van der Waals surface area contributed by atoms with E-state index in [0.29, 0.717) is 38.4 Å². The van der Waals surface area contributed by atoms with Crippen molar-refractivity contribution in [3.63, 3.8) is 0 Å². The highest BCUT2D eigenvalue weighted by atomic mass is 35.5. The van der Waals surface area contributed by atoms with Crippen LogP contribution in [0.5, 0.6) is 0 Å². The Morgan fingerprint density at radius 1 is 1.25 bits per heavy atom. The molecule has 0 atom stereocenters. The third-order valence-electron chi connectivity index (χ3n) is 2.80. The van der Waals surface area contributed by atoms with Gasteiger partial charge in [-0.2, -0.15) is 4.31 Å². The zero-order valence-electron chi connectivity index (χ0n) is 11.8. The molecule has 0 fully saturated rings. The molecule has 1 N–H and O–H groups in total. The Kier molecular flexibility index (Phi) is 7.53. The molecule has 0 bridgehead atoms. The number of nitrogens with one attached hydrogen (secondary N) is 1. The first-order chi connectivity index (χ1) is 9.56. The van der Waals surface area contributed by atoms with Crippen LogP contribution in [0.1, 0.15) is 12.1 Å². The number of H-pyrrole nitrogens is 1. The first-order valence-electron chi connectivity index (χ1n) is 6.27.